The third-order valence-corrected chi connectivity index (χ3v) is 1.64. The first kappa shape index (κ1) is 11.1. The number of nitrogens with zero attached hydrogens (tertiary/aromatic N) is 1. The standard InChI is InChI=1S/C9H18N2O/c1-4-6-7-9(12)11-10-8(3)5-2/h4-7H2,1-3H3,(H,11,12). The highest BCUT2D eigenvalue weighted by Crippen LogP contribution is 1.93. The first-order chi connectivity index (χ1) is 5.70. The molecule has 0 spiro atoms. The van der Waals surface area contributed by atoms with E-state index in [9.17, 15) is 4.79 Å². The smallest absolute Gasteiger partial charge is 0.240 e. The van der Waals surface area contributed by atoms with Crippen molar-refractivity contribution in [1.29, 1.82) is 0 Å². The van der Waals surface area contributed by atoms with E-state index >= 15 is 0 Å². The summed E-state index contributed by atoms with van der Waals surface area (Å²) in [6.45, 7) is 5.98. The van der Waals surface area contributed by atoms with Crippen molar-refractivity contribution in [3.8, 4) is 0 Å². The summed E-state index contributed by atoms with van der Waals surface area (Å²) < 4.78 is 0. The number of hydrogen-bond acceptors (Lipinski definition) is 2. The highest BCUT2D eigenvalue weighted by atomic mass is 16.2. The fraction of sp³-hybridized carbons (Fsp3) is 0.778. The van der Waals surface area contributed by atoms with Gasteiger partial charge in [-0.3, -0.25) is 4.79 Å². The normalized spacial score (nSPS) is 11.4. The zero-order valence-electron chi connectivity index (χ0n) is 8.18. The summed E-state index contributed by atoms with van der Waals surface area (Å²) in [7, 11) is 0. The van der Waals surface area contributed by atoms with Gasteiger partial charge >= 0.3 is 0 Å². The molecule has 0 atom stereocenters. The van der Waals surface area contributed by atoms with Gasteiger partial charge in [-0.1, -0.05) is 20.3 Å². The van der Waals surface area contributed by atoms with Crippen LogP contribution in [-0.4, -0.2) is 11.6 Å². The van der Waals surface area contributed by atoms with Gasteiger partial charge in [0.2, 0.25) is 5.91 Å². The van der Waals surface area contributed by atoms with E-state index in [0.29, 0.717) is 6.42 Å². The van der Waals surface area contributed by atoms with Crippen molar-refractivity contribution < 1.29 is 4.79 Å². The van der Waals surface area contributed by atoms with Gasteiger partial charge in [-0.25, -0.2) is 5.43 Å². The van der Waals surface area contributed by atoms with Crippen LogP contribution >= 0.6 is 0 Å². The average molecular weight is 170 g/mol. The van der Waals surface area contributed by atoms with E-state index in [1.54, 1.807) is 0 Å². The Labute approximate surface area is 74.2 Å². The predicted molar refractivity (Wildman–Crippen MR) is 51.1 cm³/mol. The maximum Gasteiger partial charge on any atom is 0.240 e. The largest absolute Gasteiger partial charge is 0.273 e. The van der Waals surface area contributed by atoms with Gasteiger partial charge in [0.25, 0.3) is 0 Å². The molecule has 0 saturated carbocycles. The van der Waals surface area contributed by atoms with Crippen molar-refractivity contribution in [1.82, 2.24) is 5.43 Å². The van der Waals surface area contributed by atoms with Crippen LogP contribution in [0.15, 0.2) is 5.10 Å². The Balaban J connectivity index is 3.56. The van der Waals surface area contributed by atoms with Crippen LogP contribution in [0.3, 0.4) is 0 Å². The van der Waals surface area contributed by atoms with E-state index in [2.05, 4.69) is 17.5 Å². The Kier molecular flexibility index (Phi) is 6.34. The molecule has 0 aliphatic carbocycles. The number of unbranched alkanes of at least 4 members (excludes halogenated alkanes) is 1. The van der Waals surface area contributed by atoms with Gasteiger partial charge in [-0.15, -0.1) is 0 Å². The summed E-state index contributed by atoms with van der Waals surface area (Å²) in [6, 6.07) is 0. The van der Waals surface area contributed by atoms with Gasteiger partial charge < -0.3 is 0 Å². The van der Waals surface area contributed by atoms with Crippen LogP contribution in [0.2, 0.25) is 0 Å². The summed E-state index contributed by atoms with van der Waals surface area (Å²) in [6.07, 6.45) is 3.45. The molecule has 0 bridgehead atoms. The van der Waals surface area contributed by atoms with Crippen molar-refractivity contribution in [3.63, 3.8) is 0 Å². The second kappa shape index (κ2) is 6.83. The van der Waals surface area contributed by atoms with E-state index < -0.39 is 0 Å². The fourth-order valence-corrected chi connectivity index (χ4v) is 0.630. The van der Waals surface area contributed by atoms with E-state index in [1.807, 2.05) is 13.8 Å². The highest BCUT2D eigenvalue weighted by Gasteiger charge is 1.97. The quantitative estimate of drug-likeness (QED) is 0.498. The van der Waals surface area contributed by atoms with Gasteiger partial charge in [0, 0.05) is 12.1 Å². The molecule has 0 aromatic rings. The van der Waals surface area contributed by atoms with Crippen molar-refractivity contribution in [3.05, 3.63) is 0 Å². The van der Waals surface area contributed by atoms with Crippen LogP contribution in [0.4, 0.5) is 0 Å². The lowest BCUT2D eigenvalue weighted by atomic mass is 10.2. The molecule has 0 saturated heterocycles. The van der Waals surface area contributed by atoms with Crippen LogP contribution in [0.1, 0.15) is 46.5 Å². The molecule has 3 nitrogen and oxygen atoms in total. The molecule has 0 aromatic heterocycles. The Morgan fingerprint density at radius 1 is 1.42 bits per heavy atom. The molecule has 12 heavy (non-hydrogen) atoms. The first-order valence-corrected chi connectivity index (χ1v) is 4.52. The summed E-state index contributed by atoms with van der Waals surface area (Å²) in [5.74, 6) is 0.0182. The molecule has 0 fully saturated rings. The summed E-state index contributed by atoms with van der Waals surface area (Å²) in [4.78, 5) is 11.0. The van der Waals surface area contributed by atoms with Crippen molar-refractivity contribution in [2.75, 3.05) is 0 Å². The maximum atomic E-state index is 11.0. The number of carbonyl (C=O) groups is 1. The van der Waals surface area contributed by atoms with Crippen LogP contribution in [-0.2, 0) is 4.79 Å². The molecule has 1 amide bonds. The predicted octanol–water partition coefficient (Wildman–Crippen LogP) is 2.08. The van der Waals surface area contributed by atoms with Gasteiger partial charge in [0.1, 0.15) is 0 Å². The lowest BCUT2D eigenvalue weighted by Gasteiger charge is -1.99. The van der Waals surface area contributed by atoms with Crippen molar-refractivity contribution in [2.24, 2.45) is 5.10 Å². The monoisotopic (exact) mass is 170 g/mol. The zero-order chi connectivity index (χ0) is 9.40. The molecule has 0 aliphatic heterocycles. The second-order valence-corrected chi connectivity index (χ2v) is 2.84. The molecule has 0 heterocycles. The molecule has 0 unspecified atom stereocenters. The molecule has 1 N–H and O–H groups in total. The summed E-state index contributed by atoms with van der Waals surface area (Å²) in [5.41, 5.74) is 3.48. The van der Waals surface area contributed by atoms with Gasteiger partial charge in [0.05, 0.1) is 0 Å². The number of nitrogens with one attached hydrogen (secondary N) is 1. The first-order valence-electron chi connectivity index (χ1n) is 4.52. The topological polar surface area (TPSA) is 41.5 Å². The van der Waals surface area contributed by atoms with Gasteiger partial charge in [-0.2, -0.15) is 5.10 Å². The Morgan fingerprint density at radius 2 is 2.08 bits per heavy atom. The van der Waals surface area contributed by atoms with E-state index in [0.717, 1.165) is 25.0 Å². The Hall–Kier alpha value is -0.860. The second-order valence-electron chi connectivity index (χ2n) is 2.84. The molecule has 0 aliphatic rings. The lowest BCUT2D eigenvalue weighted by molar-refractivity contribution is -0.121. The Bertz CT molecular complexity index is 164. The van der Waals surface area contributed by atoms with Gasteiger partial charge in [-0.05, 0) is 19.8 Å². The fourth-order valence-electron chi connectivity index (χ4n) is 0.630. The minimum Gasteiger partial charge on any atom is -0.273 e. The number of amides is 1. The van der Waals surface area contributed by atoms with Crippen molar-refractivity contribution >= 4 is 11.6 Å². The highest BCUT2D eigenvalue weighted by molar-refractivity contribution is 5.84. The van der Waals surface area contributed by atoms with Crippen LogP contribution in [0.5, 0.6) is 0 Å². The summed E-state index contributed by atoms with van der Waals surface area (Å²) in [5, 5.41) is 3.91. The van der Waals surface area contributed by atoms with Crippen molar-refractivity contribution in [2.45, 2.75) is 46.5 Å². The zero-order valence-corrected chi connectivity index (χ0v) is 8.18. The van der Waals surface area contributed by atoms with E-state index in [-0.39, 0.29) is 5.91 Å². The molecular formula is C9H18N2O. The minimum atomic E-state index is 0.0182. The van der Waals surface area contributed by atoms with E-state index in [4.69, 9.17) is 0 Å². The molecule has 0 aromatic carbocycles. The lowest BCUT2D eigenvalue weighted by Crippen LogP contribution is -2.18. The number of carbonyl (C=O) groups excluding carboxylic acids is 1. The molecular weight excluding hydrogens is 152 g/mol. The van der Waals surface area contributed by atoms with Crippen LogP contribution in [0.25, 0.3) is 0 Å². The molecule has 0 rings (SSSR count). The number of hydrogen-bond donors (Lipinski definition) is 1. The SMILES string of the molecule is CCCCC(=O)NN=C(C)CC. The summed E-state index contributed by atoms with van der Waals surface area (Å²) >= 11 is 0. The third-order valence-electron chi connectivity index (χ3n) is 1.64. The number of hydrazone groups is 1. The Morgan fingerprint density at radius 3 is 2.58 bits per heavy atom. The van der Waals surface area contributed by atoms with E-state index in [1.165, 1.54) is 0 Å². The van der Waals surface area contributed by atoms with Gasteiger partial charge in [0.15, 0.2) is 0 Å². The maximum absolute atomic E-state index is 11.0. The average Bonchev–Trinajstić information content (AvgIpc) is 2.10. The number of rotatable bonds is 5. The molecule has 70 valence electrons. The van der Waals surface area contributed by atoms with Crippen LogP contribution < -0.4 is 5.43 Å². The third kappa shape index (κ3) is 5.89. The molecule has 3 heteroatoms. The minimum absolute atomic E-state index is 0.0182. The van der Waals surface area contributed by atoms with Crippen LogP contribution in [0, 0.1) is 0 Å². The molecule has 0 radical (unpaired) electrons.